The molecule has 0 saturated carbocycles. The van der Waals surface area contributed by atoms with Crippen molar-refractivity contribution in [3.05, 3.63) is 29.3 Å². The van der Waals surface area contributed by atoms with Gasteiger partial charge in [-0.15, -0.1) is 0 Å². The van der Waals surface area contributed by atoms with Crippen LogP contribution in [0.1, 0.15) is 24.2 Å². The first-order valence-electron chi connectivity index (χ1n) is 5.39. The molecule has 0 spiro atoms. The molecule has 0 saturated heterocycles. The third kappa shape index (κ3) is 2.02. The second-order valence-corrected chi connectivity index (χ2v) is 3.71. The van der Waals surface area contributed by atoms with Gasteiger partial charge in [-0.3, -0.25) is 0 Å². The van der Waals surface area contributed by atoms with Gasteiger partial charge in [0.05, 0.1) is 13.2 Å². The molecular formula is C12H15NO3. The Bertz CT molecular complexity index is 403. The van der Waals surface area contributed by atoms with Crippen molar-refractivity contribution in [1.29, 1.82) is 0 Å². The van der Waals surface area contributed by atoms with Gasteiger partial charge in [-0.1, -0.05) is 6.07 Å². The molecule has 1 aromatic carbocycles. The Morgan fingerprint density at radius 1 is 1.62 bits per heavy atom. The lowest BCUT2D eigenvalue weighted by atomic mass is 9.97. The van der Waals surface area contributed by atoms with Crippen LogP contribution < -0.4 is 5.73 Å². The molecule has 1 heterocycles. The third-order valence-corrected chi connectivity index (χ3v) is 2.61. The summed E-state index contributed by atoms with van der Waals surface area (Å²) < 4.78 is 10.4. The standard InChI is InChI=1S/C12H15NO3/c1-2-15-12(14)11-10-7-9(13)4-3-8(10)5-6-16-11/h3-4,7,11H,2,5-6,13H2,1H3. The number of benzene rings is 1. The predicted octanol–water partition coefficient (Wildman–Crippen LogP) is 1.45. The van der Waals surface area contributed by atoms with E-state index < -0.39 is 6.10 Å². The van der Waals surface area contributed by atoms with Crippen LogP contribution in [0, 0.1) is 0 Å². The minimum atomic E-state index is -0.618. The molecule has 4 nitrogen and oxygen atoms in total. The van der Waals surface area contributed by atoms with Crippen molar-refractivity contribution in [2.45, 2.75) is 19.4 Å². The second-order valence-electron chi connectivity index (χ2n) is 3.71. The van der Waals surface area contributed by atoms with E-state index in [2.05, 4.69) is 0 Å². The fourth-order valence-electron chi connectivity index (χ4n) is 1.87. The highest BCUT2D eigenvalue weighted by Gasteiger charge is 2.28. The summed E-state index contributed by atoms with van der Waals surface area (Å²) in [6.07, 6.45) is 0.193. The lowest BCUT2D eigenvalue weighted by Gasteiger charge is -2.24. The second kappa shape index (κ2) is 4.53. The Hall–Kier alpha value is -1.55. The van der Waals surface area contributed by atoms with Gasteiger partial charge in [0, 0.05) is 5.69 Å². The topological polar surface area (TPSA) is 61.5 Å². The molecule has 0 radical (unpaired) electrons. The maximum Gasteiger partial charge on any atom is 0.339 e. The molecule has 1 aromatic rings. The van der Waals surface area contributed by atoms with Crippen LogP contribution >= 0.6 is 0 Å². The Balaban J connectivity index is 2.31. The summed E-state index contributed by atoms with van der Waals surface area (Å²) in [6, 6.07) is 5.57. The van der Waals surface area contributed by atoms with Crippen molar-refractivity contribution in [3.8, 4) is 0 Å². The van der Waals surface area contributed by atoms with Crippen molar-refractivity contribution in [2.75, 3.05) is 18.9 Å². The van der Waals surface area contributed by atoms with E-state index in [1.54, 1.807) is 13.0 Å². The quantitative estimate of drug-likeness (QED) is 0.606. The van der Waals surface area contributed by atoms with Crippen LogP contribution in [-0.4, -0.2) is 19.2 Å². The molecule has 1 unspecified atom stereocenters. The van der Waals surface area contributed by atoms with Gasteiger partial charge in [0.2, 0.25) is 0 Å². The smallest absolute Gasteiger partial charge is 0.339 e. The summed E-state index contributed by atoms with van der Waals surface area (Å²) in [7, 11) is 0. The van der Waals surface area contributed by atoms with Crippen molar-refractivity contribution in [2.24, 2.45) is 0 Å². The van der Waals surface area contributed by atoms with Crippen LogP contribution in [0.4, 0.5) is 5.69 Å². The highest BCUT2D eigenvalue weighted by molar-refractivity contribution is 5.78. The van der Waals surface area contributed by atoms with E-state index in [1.165, 1.54) is 0 Å². The van der Waals surface area contributed by atoms with Crippen molar-refractivity contribution < 1.29 is 14.3 Å². The first-order chi connectivity index (χ1) is 7.72. The number of nitrogens with two attached hydrogens (primary N) is 1. The van der Waals surface area contributed by atoms with Gasteiger partial charge in [0.15, 0.2) is 6.10 Å². The third-order valence-electron chi connectivity index (χ3n) is 2.61. The summed E-state index contributed by atoms with van der Waals surface area (Å²) >= 11 is 0. The largest absolute Gasteiger partial charge is 0.464 e. The normalized spacial score (nSPS) is 18.9. The number of esters is 1. The Morgan fingerprint density at radius 3 is 3.19 bits per heavy atom. The predicted molar refractivity (Wildman–Crippen MR) is 59.9 cm³/mol. The van der Waals surface area contributed by atoms with Gasteiger partial charge in [-0.25, -0.2) is 4.79 Å². The number of hydrogen-bond donors (Lipinski definition) is 1. The van der Waals surface area contributed by atoms with Crippen LogP contribution in [0.2, 0.25) is 0 Å². The number of rotatable bonds is 2. The van der Waals surface area contributed by atoms with Gasteiger partial charge in [-0.2, -0.15) is 0 Å². The Labute approximate surface area is 94.3 Å². The summed E-state index contributed by atoms with van der Waals surface area (Å²) in [5, 5.41) is 0. The van der Waals surface area contributed by atoms with Gasteiger partial charge in [0.1, 0.15) is 0 Å². The maximum atomic E-state index is 11.7. The summed E-state index contributed by atoms with van der Waals surface area (Å²) in [4.78, 5) is 11.7. The number of fused-ring (bicyclic) bond motifs is 1. The molecule has 1 atom stereocenters. The number of carbonyl (C=O) groups is 1. The van der Waals surface area contributed by atoms with Crippen LogP contribution in [0.25, 0.3) is 0 Å². The molecule has 86 valence electrons. The van der Waals surface area contributed by atoms with E-state index in [-0.39, 0.29) is 5.97 Å². The fourth-order valence-corrected chi connectivity index (χ4v) is 1.87. The van der Waals surface area contributed by atoms with Crippen LogP contribution in [0.3, 0.4) is 0 Å². The number of anilines is 1. The van der Waals surface area contributed by atoms with Crippen molar-refractivity contribution >= 4 is 11.7 Å². The average Bonchev–Trinajstić information content (AvgIpc) is 2.28. The van der Waals surface area contributed by atoms with E-state index in [1.807, 2.05) is 12.1 Å². The summed E-state index contributed by atoms with van der Waals surface area (Å²) in [5.41, 5.74) is 8.30. The fraction of sp³-hybridized carbons (Fsp3) is 0.417. The highest BCUT2D eigenvalue weighted by atomic mass is 16.6. The SMILES string of the molecule is CCOC(=O)C1OCCc2ccc(N)cc21. The van der Waals surface area contributed by atoms with Crippen LogP contribution in [0.15, 0.2) is 18.2 Å². The molecule has 0 amide bonds. The lowest BCUT2D eigenvalue weighted by Crippen LogP contribution is -2.25. The summed E-state index contributed by atoms with van der Waals surface area (Å²) in [6.45, 7) is 2.68. The molecule has 16 heavy (non-hydrogen) atoms. The van der Waals surface area contributed by atoms with Gasteiger partial charge in [-0.05, 0) is 36.6 Å². The first-order valence-corrected chi connectivity index (χ1v) is 5.39. The molecule has 0 aliphatic carbocycles. The summed E-state index contributed by atoms with van der Waals surface area (Å²) in [5.74, 6) is -0.339. The monoisotopic (exact) mass is 221 g/mol. The van der Waals surface area contributed by atoms with Gasteiger partial charge in [0.25, 0.3) is 0 Å². The highest BCUT2D eigenvalue weighted by Crippen LogP contribution is 2.29. The van der Waals surface area contributed by atoms with Crippen LogP contribution in [-0.2, 0) is 20.7 Å². The molecule has 0 bridgehead atoms. The molecule has 4 heteroatoms. The Kier molecular flexibility index (Phi) is 3.10. The minimum Gasteiger partial charge on any atom is -0.464 e. The zero-order valence-corrected chi connectivity index (χ0v) is 9.23. The van der Waals surface area contributed by atoms with E-state index >= 15 is 0 Å². The van der Waals surface area contributed by atoms with Crippen molar-refractivity contribution in [3.63, 3.8) is 0 Å². The zero-order valence-electron chi connectivity index (χ0n) is 9.23. The Morgan fingerprint density at radius 2 is 2.44 bits per heavy atom. The molecule has 1 aliphatic heterocycles. The van der Waals surface area contributed by atoms with E-state index in [4.69, 9.17) is 15.2 Å². The van der Waals surface area contributed by atoms with E-state index in [0.29, 0.717) is 18.9 Å². The molecule has 2 N–H and O–H groups in total. The molecule has 2 rings (SSSR count). The van der Waals surface area contributed by atoms with Gasteiger partial charge >= 0.3 is 5.97 Å². The average molecular weight is 221 g/mol. The lowest BCUT2D eigenvalue weighted by molar-refractivity contribution is -0.158. The van der Waals surface area contributed by atoms with Crippen LogP contribution in [0.5, 0.6) is 0 Å². The zero-order chi connectivity index (χ0) is 11.5. The molecule has 0 aromatic heterocycles. The van der Waals surface area contributed by atoms with Gasteiger partial charge < -0.3 is 15.2 Å². The number of hydrogen-bond acceptors (Lipinski definition) is 4. The first kappa shape index (κ1) is 11.0. The number of carbonyl (C=O) groups excluding carboxylic acids is 1. The van der Waals surface area contributed by atoms with E-state index in [9.17, 15) is 4.79 Å². The molecular weight excluding hydrogens is 206 g/mol. The van der Waals surface area contributed by atoms with E-state index in [0.717, 1.165) is 17.5 Å². The number of nitrogen functional groups attached to an aromatic ring is 1. The van der Waals surface area contributed by atoms with Crippen molar-refractivity contribution in [1.82, 2.24) is 0 Å². The molecule has 0 fully saturated rings. The minimum absolute atomic E-state index is 0.339. The number of ether oxygens (including phenoxy) is 2. The molecule has 1 aliphatic rings. The maximum absolute atomic E-state index is 11.7.